The summed E-state index contributed by atoms with van der Waals surface area (Å²) in [6.07, 6.45) is 0. The number of aromatic nitrogens is 2. The van der Waals surface area contributed by atoms with E-state index in [1.807, 2.05) is 6.07 Å². The number of nitrogens with zero attached hydrogens (tertiary/aromatic N) is 3. The van der Waals surface area contributed by atoms with Crippen molar-refractivity contribution in [2.24, 2.45) is 0 Å². The second-order valence-electron chi connectivity index (χ2n) is 7.14. The zero-order valence-corrected chi connectivity index (χ0v) is 15.1. The lowest BCUT2D eigenvalue weighted by molar-refractivity contribution is 0.206. The van der Waals surface area contributed by atoms with Crippen molar-refractivity contribution in [1.82, 2.24) is 14.5 Å². The van der Waals surface area contributed by atoms with E-state index < -0.39 is 0 Å². The molecule has 1 atom stereocenters. The van der Waals surface area contributed by atoms with Gasteiger partial charge in [0.25, 0.3) is 5.56 Å². The van der Waals surface area contributed by atoms with Crippen molar-refractivity contribution in [3.8, 4) is 0 Å². The van der Waals surface area contributed by atoms with Crippen molar-refractivity contribution >= 4 is 17.6 Å². The van der Waals surface area contributed by atoms with Crippen molar-refractivity contribution in [1.29, 1.82) is 0 Å². The predicted molar refractivity (Wildman–Crippen MR) is 97.3 cm³/mol. The fourth-order valence-corrected chi connectivity index (χ4v) is 4.54. The highest BCUT2D eigenvalue weighted by Gasteiger charge is 2.35. The number of nitrogens with one attached hydrogen (secondary N) is 1. The second kappa shape index (κ2) is 5.63. The SMILES string of the molecule is CC(c1ccccc1)N1CNc2c(c(=O)nc3n2CC(C)(C)S3)C1. The molecule has 3 heterocycles. The van der Waals surface area contributed by atoms with E-state index in [0.717, 1.165) is 29.8 Å². The van der Waals surface area contributed by atoms with Crippen molar-refractivity contribution in [2.45, 2.75) is 49.8 Å². The highest BCUT2D eigenvalue weighted by molar-refractivity contribution is 8.00. The Kier molecular flexibility index (Phi) is 3.69. The minimum Gasteiger partial charge on any atom is -0.358 e. The Labute approximate surface area is 146 Å². The molecule has 6 heteroatoms. The molecule has 126 valence electrons. The summed E-state index contributed by atoms with van der Waals surface area (Å²) in [7, 11) is 0. The van der Waals surface area contributed by atoms with Crippen LogP contribution in [0, 0.1) is 0 Å². The van der Waals surface area contributed by atoms with E-state index in [2.05, 4.69) is 64.8 Å². The molecule has 0 radical (unpaired) electrons. The Balaban J connectivity index is 1.66. The number of anilines is 1. The van der Waals surface area contributed by atoms with Crippen molar-refractivity contribution in [2.75, 3.05) is 12.0 Å². The molecular formula is C18H22N4OS. The van der Waals surface area contributed by atoms with Gasteiger partial charge in [0, 0.05) is 23.9 Å². The van der Waals surface area contributed by atoms with Gasteiger partial charge in [-0.25, -0.2) is 0 Å². The highest BCUT2D eigenvalue weighted by Crippen LogP contribution is 2.41. The molecule has 2 aliphatic heterocycles. The lowest BCUT2D eigenvalue weighted by atomic mass is 10.1. The van der Waals surface area contributed by atoms with E-state index in [1.54, 1.807) is 11.8 Å². The molecule has 5 nitrogen and oxygen atoms in total. The minimum absolute atomic E-state index is 0.0811. The van der Waals surface area contributed by atoms with E-state index in [1.165, 1.54) is 5.56 Å². The van der Waals surface area contributed by atoms with Crippen LogP contribution in [0.5, 0.6) is 0 Å². The van der Waals surface area contributed by atoms with Crippen molar-refractivity contribution in [3.63, 3.8) is 0 Å². The van der Waals surface area contributed by atoms with Gasteiger partial charge in [-0.15, -0.1) is 0 Å². The highest BCUT2D eigenvalue weighted by atomic mass is 32.2. The van der Waals surface area contributed by atoms with E-state index in [4.69, 9.17) is 0 Å². The summed E-state index contributed by atoms with van der Waals surface area (Å²) < 4.78 is 2.25. The van der Waals surface area contributed by atoms with Gasteiger partial charge in [-0.3, -0.25) is 9.69 Å². The van der Waals surface area contributed by atoms with Crippen LogP contribution in [0.25, 0.3) is 0 Å². The molecule has 0 saturated heterocycles. The van der Waals surface area contributed by atoms with Gasteiger partial charge in [-0.1, -0.05) is 42.1 Å². The molecule has 0 bridgehead atoms. The molecule has 0 saturated carbocycles. The van der Waals surface area contributed by atoms with E-state index >= 15 is 0 Å². The Hall–Kier alpha value is -1.79. The van der Waals surface area contributed by atoms with Gasteiger partial charge in [-0.05, 0) is 26.3 Å². The fourth-order valence-electron chi connectivity index (χ4n) is 3.46. The van der Waals surface area contributed by atoms with Gasteiger partial charge < -0.3 is 9.88 Å². The largest absolute Gasteiger partial charge is 0.358 e. The topological polar surface area (TPSA) is 50.2 Å². The van der Waals surface area contributed by atoms with Gasteiger partial charge in [0.2, 0.25) is 0 Å². The first-order valence-electron chi connectivity index (χ1n) is 8.30. The maximum absolute atomic E-state index is 12.5. The third-order valence-electron chi connectivity index (χ3n) is 4.79. The van der Waals surface area contributed by atoms with Gasteiger partial charge in [0.15, 0.2) is 5.16 Å². The zero-order chi connectivity index (χ0) is 16.9. The molecule has 0 amide bonds. The lowest BCUT2D eigenvalue weighted by Gasteiger charge is -2.35. The molecule has 2 aliphatic rings. The summed E-state index contributed by atoms with van der Waals surface area (Å²) in [4.78, 5) is 19.1. The number of benzene rings is 1. The average Bonchev–Trinajstić information content (AvgIpc) is 2.89. The first kappa shape index (κ1) is 15.7. The molecule has 4 rings (SSSR count). The maximum atomic E-state index is 12.5. The van der Waals surface area contributed by atoms with Crippen LogP contribution in [0.15, 0.2) is 40.3 Å². The Morgan fingerprint density at radius 1 is 1.29 bits per heavy atom. The summed E-state index contributed by atoms with van der Waals surface area (Å²) in [5, 5.41) is 4.31. The zero-order valence-electron chi connectivity index (χ0n) is 14.2. The van der Waals surface area contributed by atoms with Gasteiger partial charge in [0.05, 0.1) is 12.2 Å². The van der Waals surface area contributed by atoms with Gasteiger partial charge in [-0.2, -0.15) is 4.98 Å². The second-order valence-corrected chi connectivity index (χ2v) is 8.82. The van der Waals surface area contributed by atoms with Crippen LogP contribution in [0.1, 0.15) is 37.9 Å². The van der Waals surface area contributed by atoms with Crippen LogP contribution in [0.3, 0.4) is 0 Å². The molecular weight excluding hydrogens is 320 g/mol. The summed E-state index contributed by atoms with van der Waals surface area (Å²) in [5.74, 6) is 0.958. The molecule has 1 unspecified atom stereocenters. The van der Waals surface area contributed by atoms with Crippen molar-refractivity contribution in [3.05, 3.63) is 51.8 Å². The summed E-state index contributed by atoms with van der Waals surface area (Å²) in [6.45, 7) is 8.81. The summed E-state index contributed by atoms with van der Waals surface area (Å²) >= 11 is 1.68. The molecule has 1 aromatic heterocycles. The van der Waals surface area contributed by atoms with Crippen LogP contribution >= 0.6 is 11.8 Å². The molecule has 2 aromatic rings. The quantitative estimate of drug-likeness (QED) is 0.850. The fraction of sp³-hybridized carbons (Fsp3) is 0.444. The molecule has 0 fully saturated rings. The number of hydrogen-bond acceptors (Lipinski definition) is 5. The monoisotopic (exact) mass is 342 g/mol. The number of hydrogen-bond donors (Lipinski definition) is 1. The minimum atomic E-state index is -0.0982. The first-order chi connectivity index (χ1) is 11.4. The van der Waals surface area contributed by atoms with Crippen LogP contribution in [-0.2, 0) is 13.1 Å². The lowest BCUT2D eigenvalue weighted by Crippen LogP contribution is -2.40. The van der Waals surface area contributed by atoms with E-state index in [0.29, 0.717) is 6.54 Å². The van der Waals surface area contributed by atoms with Crippen molar-refractivity contribution < 1.29 is 0 Å². The summed E-state index contributed by atoms with van der Waals surface area (Å²) in [6, 6.07) is 10.6. The first-order valence-corrected chi connectivity index (χ1v) is 9.12. The Morgan fingerprint density at radius 2 is 2.04 bits per heavy atom. The summed E-state index contributed by atoms with van der Waals surface area (Å²) in [5.41, 5.74) is 1.94. The molecule has 0 spiro atoms. The maximum Gasteiger partial charge on any atom is 0.280 e. The standard InChI is InChI=1S/C18H22N4OS/c1-12(13-7-5-4-6-8-13)21-9-14-15(19-11-21)22-10-18(2,3)24-17(22)20-16(14)23/h4-8,12,19H,9-11H2,1-3H3. The third kappa shape index (κ3) is 2.63. The molecule has 1 aromatic carbocycles. The molecule has 24 heavy (non-hydrogen) atoms. The van der Waals surface area contributed by atoms with E-state index in [9.17, 15) is 4.79 Å². The van der Waals surface area contributed by atoms with Gasteiger partial charge in [0.1, 0.15) is 5.82 Å². The number of rotatable bonds is 2. The van der Waals surface area contributed by atoms with Crippen LogP contribution in [0.2, 0.25) is 0 Å². The molecule has 0 aliphatic carbocycles. The smallest absolute Gasteiger partial charge is 0.280 e. The Morgan fingerprint density at radius 3 is 2.79 bits per heavy atom. The normalized spacial score (nSPS) is 20.1. The predicted octanol–water partition coefficient (Wildman–Crippen LogP) is 3.07. The van der Waals surface area contributed by atoms with Crippen LogP contribution < -0.4 is 10.9 Å². The van der Waals surface area contributed by atoms with Gasteiger partial charge >= 0.3 is 0 Å². The Bertz CT molecular complexity index is 831. The van der Waals surface area contributed by atoms with Crippen LogP contribution in [0.4, 0.5) is 5.82 Å². The number of fused-ring (bicyclic) bond motifs is 3. The van der Waals surface area contributed by atoms with Crippen LogP contribution in [-0.4, -0.2) is 25.9 Å². The third-order valence-corrected chi connectivity index (χ3v) is 5.96. The molecule has 1 N–H and O–H groups in total. The number of thioether (sulfide) groups is 1. The van der Waals surface area contributed by atoms with E-state index in [-0.39, 0.29) is 16.3 Å². The average molecular weight is 342 g/mol.